The van der Waals surface area contributed by atoms with E-state index in [9.17, 15) is 18.0 Å². The van der Waals surface area contributed by atoms with Gasteiger partial charge in [-0.3, -0.25) is 5.73 Å². The molecule has 0 aliphatic heterocycles. The molecule has 0 radical (unpaired) electrons. The van der Waals surface area contributed by atoms with Crippen molar-refractivity contribution in [2.75, 3.05) is 6.61 Å². The number of ether oxygens (including phenoxy) is 2. The van der Waals surface area contributed by atoms with Crippen LogP contribution < -0.4 is 10.5 Å². The molecule has 0 spiro atoms. The molecule has 4 rings (SSSR count). The van der Waals surface area contributed by atoms with Gasteiger partial charge in [0.25, 0.3) is 0 Å². The Morgan fingerprint density at radius 1 is 1.09 bits per heavy atom. The van der Waals surface area contributed by atoms with E-state index in [2.05, 4.69) is 30.6 Å². The van der Waals surface area contributed by atoms with E-state index in [1.54, 1.807) is 18.3 Å². The van der Waals surface area contributed by atoms with Gasteiger partial charge >= 0.3 is 12.1 Å². The summed E-state index contributed by atoms with van der Waals surface area (Å²) in [7, 11) is 0. The van der Waals surface area contributed by atoms with E-state index in [1.807, 2.05) is 48.5 Å². The number of hydrogen-bond donors (Lipinski definition) is 2. The van der Waals surface area contributed by atoms with Crippen molar-refractivity contribution in [2.45, 2.75) is 18.8 Å². The van der Waals surface area contributed by atoms with Gasteiger partial charge in [-0.1, -0.05) is 42.5 Å². The summed E-state index contributed by atoms with van der Waals surface area (Å²) >= 11 is 3.48. The predicted molar refractivity (Wildman–Crippen MR) is 125 cm³/mol. The third-order valence-electron chi connectivity index (χ3n) is 4.98. The second-order valence-electron chi connectivity index (χ2n) is 7.39. The van der Waals surface area contributed by atoms with Crippen LogP contribution in [0.15, 0.2) is 71.3 Å². The number of rotatable bonds is 7. The summed E-state index contributed by atoms with van der Waals surface area (Å²) in [5.41, 5.74) is 10.0. The number of nitrogens with zero attached hydrogens (tertiary/aromatic N) is 1. The SMILES string of the molecule is NC(CCOc1ccc(-c2c(-c3ccccc3)[nH]c3ncc(Br)cc23)cc1)OC(=O)C(F)(F)F. The van der Waals surface area contributed by atoms with E-state index in [0.29, 0.717) is 5.75 Å². The zero-order valence-electron chi connectivity index (χ0n) is 17.6. The first kappa shape index (κ1) is 23.8. The lowest BCUT2D eigenvalue weighted by Crippen LogP contribution is -2.35. The van der Waals surface area contributed by atoms with Gasteiger partial charge in [-0.2, -0.15) is 13.2 Å². The number of fused-ring (bicyclic) bond motifs is 1. The molecule has 0 saturated carbocycles. The second kappa shape index (κ2) is 9.86. The zero-order chi connectivity index (χ0) is 24.3. The molecule has 2 aromatic carbocycles. The van der Waals surface area contributed by atoms with Crippen LogP contribution in [0.2, 0.25) is 0 Å². The summed E-state index contributed by atoms with van der Waals surface area (Å²) in [4.78, 5) is 18.7. The van der Waals surface area contributed by atoms with Gasteiger partial charge < -0.3 is 14.5 Å². The van der Waals surface area contributed by atoms with Crippen LogP contribution in [-0.4, -0.2) is 34.9 Å². The van der Waals surface area contributed by atoms with Crippen molar-refractivity contribution in [3.63, 3.8) is 0 Å². The number of esters is 1. The highest BCUT2D eigenvalue weighted by molar-refractivity contribution is 9.10. The molecule has 0 aliphatic carbocycles. The Morgan fingerprint density at radius 3 is 2.47 bits per heavy atom. The van der Waals surface area contributed by atoms with E-state index in [0.717, 1.165) is 37.9 Å². The highest BCUT2D eigenvalue weighted by Gasteiger charge is 2.41. The Kier molecular flexibility index (Phi) is 6.90. The Morgan fingerprint density at radius 2 is 1.79 bits per heavy atom. The Labute approximate surface area is 201 Å². The van der Waals surface area contributed by atoms with Crippen molar-refractivity contribution in [1.29, 1.82) is 0 Å². The standard InChI is InChI=1S/C24H19BrF3N3O3/c25-16-12-18-20(21(31-22(18)30-13-16)15-4-2-1-3-5-15)14-6-8-17(9-7-14)33-11-10-19(29)34-23(32)24(26,27)28/h1-9,12-13,19H,10-11,29H2,(H,30,31). The first-order chi connectivity index (χ1) is 16.2. The lowest BCUT2D eigenvalue weighted by molar-refractivity contribution is -0.205. The van der Waals surface area contributed by atoms with E-state index >= 15 is 0 Å². The molecule has 0 fully saturated rings. The van der Waals surface area contributed by atoms with Crippen LogP contribution in [0.4, 0.5) is 13.2 Å². The molecule has 6 nitrogen and oxygen atoms in total. The average Bonchev–Trinajstić information content (AvgIpc) is 3.18. The minimum Gasteiger partial charge on any atom is -0.493 e. The average molecular weight is 534 g/mol. The van der Waals surface area contributed by atoms with Crippen LogP contribution in [-0.2, 0) is 9.53 Å². The molecule has 0 bridgehead atoms. The number of carbonyl (C=O) groups excluding carboxylic acids is 1. The monoisotopic (exact) mass is 533 g/mol. The molecule has 1 unspecified atom stereocenters. The fourth-order valence-electron chi connectivity index (χ4n) is 3.44. The van der Waals surface area contributed by atoms with Gasteiger partial charge in [-0.05, 0) is 45.3 Å². The number of aromatic nitrogens is 2. The predicted octanol–water partition coefficient (Wildman–Crippen LogP) is 5.82. The molecule has 0 aliphatic rings. The third-order valence-corrected chi connectivity index (χ3v) is 5.42. The van der Waals surface area contributed by atoms with Crippen molar-refractivity contribution < 1.29 is 27.4 Å². The number of alkyl halides is 3. The molecule has 4 aromatic rings. The molecule has 34 heavy (non-hydrogen) atoms. The summed E-state index contributed by atoms with van der Waals surface area (Å²) in [6.07, 6.45) is -4.87. The first-order valence-corrected chi connectivity index (χ1v) is 11.0. The van der Waals surface area contributed by atoms with Crippen molar-refractivity contribution in [2.24, 2.45) is 5.73 Å². The normalized spacial score (nSPS) is 12.5. The summed E-state index contributed by atoms with van der Waals surface area (Å²) in [5.74, 6) is -1.82. The minimum absolute atomic E-state index is 0.0229. The van der Waals surface area contributed by atoms with Crippen molar-refractivity contribution in [3.8, 4) is 28.1 Å². The molecule has 2 heterocycles. The van der Waals surface area contributed by atoms with Crippen molar-refractivity contribution in [1.82, 2.24) is 9.97 Å². The summed E-state index contributed by atoms with van der Waals surface area (Å²) in [6, 6.07) is 19.2. The Balaban J connectivity index is 1.51. The number of benzene rings is 2. The maximum Gasteiger partial charge on any atom is 0.490 e. The smallest absolute Gasteiger partial charge is 0.490 e. The van der Waals surface area contributed by atoms with E-state index in [1.165, 1.54) is 0 Å². The zero-order valence-corrected chi connectivity index (χ0v) is 19.2. The van der Waals surface area contributed by atoms with Crippen LogP contribution in [0.3, 0.4) is 0 Å². The molecular weight excluding hydrogens is 515 g/mol. The highest BCUT2D eigenvalue weighted by Crippen LogP contribution is 2.39. The summed E-state index contributed by atoms with van der Waals surface area (Å²) < 4.78 is 47.3. The van der Waals surface area contributed by atoms with E-state index in [4.69, 9.17) is 10.5 Å². The molecule has 2 aromatic heterocycles. The number of halogens is 4. The van der Waals surface area contributed by atoms with Crippen LogP contribution in [0.5, 0.6) is 5.75 Å². The Bertz CT molecular complexity index is 1290. The quantitative estimate of drug-likeness (QED) is 0.231. The number of pyridine rings is 1. The van der Waals surface area contributed by atoms with Gasteiger partial charge in [0.2, 0.25) is 0 Å². The van der Waals surface area contributed by atoms with Gasteiger partial charge in [-0.25, -0.2) is 9.78 Å². The topological polar surface area (TPSA) is 90.2 Å². The number of aromatic amines is 1. The molecule has 10 heteroatoms. The second-order valence-corrected chi connectivity index (χ2v) is 8.31. The third kappa shape index (κ3) is 5.40. The van der Waals surface area contributed by atoms with Crippen LogP contribution in [0.25, 0.3) is 33.4 Å². The number of H-pyrrole nitrogens is 1. The fraction of sp³-hybridized carbons (Fsp3) is 0.167. The van der Waals surface area contributed by atoms with E-state index < -0.39 is 18.4 Å². The van der Waals surface area contributed by atoms with E-state index in [-0.39, 0.29) is 13.0 Å². The van der Waals surface area contributed by atoms with Crippen LogP contribution in [0, 0.1) is 0 Å². The lowest BCUT2D eigenvalue weighted by atomic mass is 9.99. The van der Waals surface area contributed by atoms with Gasteiger partial charge in [0, 0.05) is 28.0 Å². The molecule has 1 atom stereocenters. The molecule has 0 saturated heterocycles. The van der Waals surface area contributed by atoms with Gasteiger partial charge in [-0.15, -0.1) is 0 Å². The highest BCUT2D eigenvalue weighted by atomic mass is 79.9. The lowest BCUT2D eigenvalue weighted by Gasteiger charge is -2.15. The Hall–Kier alpha value is -3.37. The van der Waals surface area contributed by atoms with Crippen molar-refractivity contribution in [3.05, 3.63) is 71.3 Å². The largest absolute Gasteiger partial charge is 0.493 e. The maximum absolute atomic E-state index is 12.2. The van der Waals surface area contributed by atoms with Gasteiger partial charge in [0.05, 0.1) is 12.3 Å². The fourth-order valence-corrected chi connectivity index (χ4v) is 3.77. The van der Waals surface area contributed by atoms with Gasteiger partial charge in [0.15, 0.2) is 6.23 Å². The number of nitrogens with one attached hydrogen (secondary N) is 1. The van der Waals surface area contributed by atoms with Crippen LogP contribution in [0.1, 0.15) is 6.42 Å². The molecule has 0 amide bonds. The number of carbonyl (C=O) groups is 1. The van der Waals surface area contributed by atoms with Crippen molar-refractivity contribution >= 4 is 32.9 Å². The summed E-state index contributed by atoms with van der Waals surface area (Å²) in [6.45, 7) is -0.0229. The maximum atomic E-state index is 12.2. The minimum atomic E-state index is -5.08. The number of hydrogen-bond acceptors (Lipinski definition) is 5. The molecule has 176 valence electrons. The summed E-state index contributed by atoms with van der Waals surface area (Å²) in [5, 5.41) is 0.944. The van der Waals surface area contributed by atoms with Crippen LogP contribution >= 0.6 is 15.9 Å². The number of nitrogens with two attached hydrogens (primary N) is 1. The molecular formula is C24H19BrF3N3O3. The van der Waals surface area contributed by atoms with Gasteiger partial charge in [0.1, 0.15) is 11.4 Å². The first-order valence-electron chi connectivity index (χ1n) is 10.2. The molecule has 3 N–H and O–H groups in total.